The standard InChI is InChI=1S/C9H13N5O/c1-7-3-9(15-12-7)6-14-5-8(4-10-2)11-13-14/h3,5,10H,4,6H2,1-2H3. The predicted molar refractivity (Wildman–Crippen MR) is 53.1 cm³/mol. The number of nitrogens with zero attached hydrogens (tertiary/aromatic N) is 4. The molecule has 0 saturated carbocycles. The first-order valence-corrected chi connectivity index (χ1v) is 4.74. The maximum atomic E-state index is 5.08. The summed E-state index contributed by atoms with van der Waals surface area (Å²) >= 11 is 0. The van der Waals surface area contributed by atoms with Crippen molar-refractivity contribution in [2.45, 2.75) is 20.0 Å². The molecule has 0 aromatic carbocycles. The minimum absolute atomic E-state index is 0.567. The van der Waals surface area contributed by atoms with Gasteiger partial charge < -0.3 is 9.84 Å². The van der Waals surface area contributed by atoms with Crippen molar-refractivity contribution < 1.29 is 4.52 Å². The second-order valence-corrected chi connectivity index (χ2v) is 3.37. The van der Waals surface area contributed by atoms with E-state index in [0.29, 0.717) is 6.54 Å². The first-order chi connectivity index (χ1) is 7.28. The molecule has 80 valence electrons. The van der Waals surface area contributed by atoms with Crippen molar-refractivity contribution in [3.63, 3.8) is 0 Å². The van der Waals surface area contributed by atoms with Crippen molar-refractivity contribution >= 4 is 0 Å². The third-order valence-electron chi connectivity index (χ3n) is 1.94. The summed E-state index contributed by atoms with van der Waals surface area (Å²) in [5.74, 6) is 0.786. The molecular weight excluding hydrogens is 194 g/mol. The van der Waals surface area contributed by atoms with E-state index in [2.05, 4.69) is 20.8 Å². The number of aromatic nitrogens is 4. The molecule has 0 radical (unpaired) electrons. The van der Waals surface area contributed by atoms with Crippen LogP contribution >= 0.6 is 0 Å². The van der Waals surface area contributed by atoms with Crippen LogP contribution in [0.2, 0.25) is 0 Å². The molecule has 6 heteroatoms. The number of rotatable bonds is 4. The van der Waals surface area contributed by atoms with Crippen LogP contribution in [-0.4, -0.2) is 27.2 Å². The zero-order valence-electron chi connectivity index (χ0n) is 8.77. The van der Waals surface area contributed by atoms with Crippen LogP contribution in [0, 0.1) is 6.92 Å². The number of hydrogen-bond donors (Lipinski definition) is 1. The fraction of sp³-hybridized carbons (Fsp3) is 0.444. The van der Waals surface area contributed by atoms with Gasteiger partial charge in [-0.2, -0.15) is 0 Å². The van der Waals surface area contributed by atoms with Gasteiger partial charge in [0.25, 0.3) is 0 Å². The molecule has 0 aliphatic heterocycles. The Bertz CT molecular complexity index is 433. The second kappa shape index (κ2) is 4.22. The fourth-order valence-corrected chi connectivity index (χ4v) is 1.33. The topological polar surface area (TPSA) is 68.8 Å². The molecule has 0 amide bonds. The van der Waals surface area contributed by atoms with Crippen LogP contribution in [0.3, 0.4) is 0 Å². The predicted octanol–water partition coefficient (Wildman–Crippen LogP) is 0.342. The number of aryl methyl sites for hydroxylation is 1. The molecule has 1 N–H and O–H groups in total. The lowest BCUT2D eigenvalue weighted by Crippen LogP contribution is -2.05. The Balaban J connectivity index is 2.04. The fourth-order valence-electron chi connectivity index (χ4n) is 1.33. The molecule has 0 fully saturated rings. The summed E-state index contributed by atoms with van der Waals surface area (Å²) in [6.07, 6.45) is 1.88. The van der Waals surface area contributed by atoms with Gasteiger partial charge in [0.15, 0.2) is 5.76 Å². The van der Waals surface area contributed by atoms with Gasteiger partial charge in [0.2, 0.25) is 0 Å². The van der Waals surface area contributed by atoms with Crippen LogP contribution in [0.5, 0.6) is 0 Å². The Morgan fingerprint density at radius 2 is 2.40 bits per heavy atom. The average Bonchev–Trinajstić information content (AvgIpc) is 2.78. The highest BCUT2D eigenvalue weighted by atomic mass is 16.5. The van der Waals surface area contributed by atoms with E-state index < -0.39 is 0 Å². The van der Waals surface area contributed by atoms with Gasteiger partial charge in [-0.3, -0.25) is 0 Å². The van der Waals surface area contributed by atoms with E-state index in [1.165, 1.54) is 0 Å². The summed E-state index contributed by atoms with van der Waals surface area (Å²) in [6.45, 7) is 3.17. The van der Waals surface area contributed by atoms with Crippen molar-refractivity contribution in [1.29, 1.82) is 0 Å². The normalized spacial score (nSPS) is 10.8. The molecule has 0 saturated heterocycles. The van der Waals surface area contributed by atoms with Gasteiger partial charge in [-0.15, -0.1) is 5.10 Å². The molecule has 15 heavy (non-hydrogen) atoms. The molecule has 2 aromatic rings. The molecular formula is C9H13N5O. The summed E-state index contributed by atoms with van der Waals surface area (Å²) in [5.41, 5.74) is 1.79. The molecule has 0 aliphatic carbocycles. The summed E-state index contributed by atoms with van der Waals surface area (Å²) in [4.78, 5) is 0. The molecule has 2 aromatic heterocycles. The summed E-state index contributed by atoms with van der Waals surface area (Å²) in [5, 5.41) is 14.8. The maximum Gasteiger partial charge on any atom is 0.158 e. The Hall–Kier alpha value is -1.69. The third kappa shape index (κ3) is 2.41. The van der Waals surface area contributed by atoms with Crippen molar-refractivity contribution in [2.24, 2.45) is 0 Å². The minimum Gasteiger partial charge on any atom is -0.359 e. The number of nitrogens with one attached hydrogen (secondary N) is 1. The summed E-state index contributed by atoms with van der Waals surface area (Å²) in [6, 6.07) is 1.89. The van der Waals surface area contributed by atoms with Crippen molar-refractivity contribution in [3.05, 3.63) is 29.4 Å². The maximum absolute atomic E-state index is 5.08. The van der Waals surface area contributed by atoms with Crippen LogP contribution in [0.25, 0.3) is 0 Å². The lowest BCUT2D eigenvalue weighted by atomic mass is 10.4. The minimum atomic E-state index is 0.567. The van der Waals surface area contributed by atoms with Gasteiger partial charge in [-0.1, -0.05) is 10.4 Å². The van der Waals surface area contributed by atoms with Crippen molar-refractivity contribution in [2.75, 3.05) is 7.05 Å². The highest BCUT2D eigenvalue weighted by Crippen LogP contribution is 2.04. The summed E-state index contributed by atoms with van der Waals surface area (Å²) in [7, 11) is 1.87. The lowest BCUT2D eigenvalue weighted by molar-refractivity contribution is 0.367. The van der Waals surface area contributed by atoms with E-state index in [1.807, 2.05) is 26.2 Å². The molecule has 2 heterocycles. The van der Waals surface area contributed by atoms with Crippen LogP contribution < -0.4 is 5.32 Å². The van der Waals surface area contributed by atoms with Crippen LogP contribution in [0.1, 0.15) is 17.1 Å². The monoisotopic (exact) mass is 207 g/mol. The van der Waals surface area contributed by atoms with E-state index in [9.17, 15) is 0 Å². The van der Waals surface area contributed by atoms with Gasteiger partial charge in [-0.25, -0.2) is 4.68 Å². The van der Waals surface area contributed by atoms with Crippen LogP contribution in [-0.2, 0) is 13.1 Å². The number of hydrogen-bond acceptors (Lipinski definition) is 5. The lowest BCUT2D eigenvalue weighted by Gasteiger charge is -1.93. The Morgan fingerprint density at radius 3 is 3.07 bits per heavy atom. The largest absolute Gasteiger partial charge is 0.359 e. The quantitative estimate of drug-likeness (QED) is 0.783. The first-order valence-electron chi connectivity index (χ1n) is 4.74. The first kappa shape index (κ1) is 9.85. The molecule has 0 unspecified atom stereocenters. The zero-order valence-corrected chi connectivity index (χ0v) is 8.77. The highest BCUT2D eigenvalue weighted by molar-refractivity contribution is 5.03. The van der Waals surface area contributed by atoms with E-state index in [0.717, 1.165) is 23.7 Å². The van der Waals surface area contributed by atoms with E-state index in [-0.39, 0.29) is 0 Å². The molecule has 6 nitrogen and oxygen atoms in total. The van der Waals surface area contributed by atoms with Gasteiger partial charge in [0, 0.05) is 12.6 Å². The average molecular weight is 207 g/mol. The highest BCUT2D eigenvalue weighted by Gasteiger charge is 2.04. The second-order valence-electron chi connectivity index (χ2n) is 3.37. The smallest absolute Gasteiger partial charge is 0.158 e. The van der Waals surface area contributed by atoms with Gasteiger partial charge >= 0.3 is 0 Å². The van der Waals surface area contributed by atoms with Crippen LogP contribution in [0.15, 0.2) is 16.8 Å². The van der Waals surface area contributed by atoms with Crippen LogP contribution in [0.4, 0.5) is 0 Å². The van der Waals surface area contributed by atoms with Gasteiger partial charge in [-0.05, 0) is 14.0 Å². The Labute approximate surface area is 87.3 Å². The van der Waals surface area contributed by atoms with E-state index in [1.54, 1.807) is 4.68 Å². The molecule has 0 bridgehead atoms. The van der Waals surface area contributed by atoms with E-state index in [4.69, 9.17) is 4.52 Å². The van der Waals surface area contributed by atoms with Crippen molar-refractivity contribution in [1.82, 2.24) is 25.5 Å². The molecule has 0 spiro atoms. The zero-order chi connectivity index (χ0) is 10.7. The molecule has 0 aliphatic rings. The Morgan fingerprint density at radius 1 is 1.53 bits per heavy atom. The Kier molecular flexibility index (Phi) is 2.77. The third-order valence-corrected chi connectivity index (χ3v) is 1.94. The summed E-state index contributed by atoms with van der Waals surface area (Å²) < 4.78 is 6.81. The molecule has 2 rings (SSSR count). The van der Waals surface area contributed by atoms with E-state index >= 15 is 0 Å². The SMILES string of the molecule is CNCc1cn(Cc2cc(C)no2)nn1. The molecule has 0 atom stereocenters. The van der Waals surface area contributed by atoms with Crippen molar-refractivity contribution in [3.8, 4) is 0 Å². The van der Waals surface area contributed by atoms with Gasteiger partial charge in [0.05, 0.1) is 17.6 Å². The van der Waals surface area contributed by atoms with Gasteiger partial charge in [0.1, 0.15) is 6.54 Å².